The number of aromatic nitrogens is 2. The summed E-state index contributed by atoms with van der Waals surface area (Å²) < 4.78 is 0. The molecule has 0 aliphatic rings. The van der Waals surface area contributed by atoms with E-state index < -0.39 is 0 Å². The minimum absolute atomic E-state index is 0.0897. The fraction of sp³-hybridized carbons (Fsp3) is 0.286. The lowest BCUT2D eigenvalue weighted by Crippen LogP contribution is -2.11. The molecule has 0 bridgehead atoms. The lowest BCUT2D eigenvalue weighted by Gasteiger charge is -2.01. The van der Waals surface area contributed by atoms with Crippen molar-refractivity contribution < 1.29 is 4.79 Å². The fourth-order valence-corrected chi connectivity index (χ4v) is 0.672. The van der Waals surface area contributed by atoms with Crippen molar-refractivity contribution in [1.82, 2.24) is 9.97 Å². The first-order chi connectivity index (χ1) is 5.72. The molecule has 1 rings (SSSR count). The molecule has 0 aromatic carbocycles. The van der Waals surface area contributed by atoms with Gasteiger partial charge in [-0.2, -0.15) is 0 Å². The minimum atomic E-state index is -0.0897. The van der Waals surface area contributed by atoms with E-state index >= 15 is 0 Å². The van der Waals surface area contributed by atoms with Crippen molar-refractivity contribution in [3.8, 4) is 0 Å². The molecule has 5 nitrogen and oxygen atoms in total. The average Bonchev–Trinajstić information content (AvgIpc) is 2.04. The summed E-state index contributed by atoms with van der Waals surface area (Å²) in [7, 11) is 0. The van der Waals surface area contributed by atoms with Crippen LogP contribution in [0, 0.1) is 0 Å². The molecule has 0 atom stereocenters. The summed E-state index contributed by atoms with van der Waals surface area (Å²) in [5.41, 5.74) is 5.37. The molecular weight excluding hydrogens is 156 g/mol. The van der Waals surface area contributed by atoms with E-state index in [2.05, 4.69) is 15.3 Å². The van der Waals surface area contributed by atoms with Crippen molar-refractivity contribution in [1.29, 1.82) is 0 Å². The van der Waals surface area contributed by atoms with Crippen LogP contribution in [0.15, 0.2) is 12.4 Å². The number of hydrogen-bond donors (Lipinski definition) is 2. The Morgan fingerprint density at radius 3 is 3.00 bits per heavy atom. The molecule has 0 saturated heterocycles. The van der Waals surface area contributed by atoms with Crippen LogP contribution in [0.5, 0.6) is 0 Å². The van der Waals surface area contributed by atoms with Crippen LogP contribution in [0.3, 0.4) is 0 Å². The topological polar surface area (TPSA) is 80.9 Å². The highest BCUT2D eigenvalue weighted by atomic mass is 16.1. The molecule has 5 heteroatoms. The van der Waals surface area contributed by atoms with Crippen molar-refractivity contribution in [2.45, 2.75) is 13.3 Å². The molecular formula is C7H10N4O. The highest BCUT2D eigenvalue weighted by Gasteiger charge is 1.99. The van der Waals surface area contributed by atoms with Crippen LogP contribution in [0.25, 0.3) is 0 Å². The number of amides is 1. The summed E-state index contributed by atoms with van der Waals surface area (Å²) in [6.45, 7) is 1.76. The SMILES string of the molecule is CCC(=O)Nc1cc(N)ncn1. The number of carbonyl (C=O) groups excluding carboxylic acids is 1. The maximum atomic E-state index is 10.9. The van der Waals surface area contributed by atoms with Gasteiger partial charge in [0.15, 0.2) is 0 Å². The summed E-state index contributed by atoms with van der Waals surface area (Å²) in [6, 6.07) is 1.51. The van der Waals surface area contributed by atoms with Crippen LogP contribution in [0.1, 0.15) is 13.3 Å². The second kappa shape index (κ2) is 3.66. The van der Waals surface area contributed by atoms with Gasteiger partial charge < -0.3 is 11.1 Å². The molecule has 0 spiro atoms. The molecule has 1 aromatic rings. The Labute approximate surface area is 70.0 Å². The predicted octanol–water partition coefficient (Wildman–Crippen LogP) is 0.407. The zero-order chi connectivity index (χ0) is 8.97. The van der Waals surface area contributed by atoms with E-state index in [4.69, 9.17) is 5.73 Å². The second-order valence-electron chi connectivity index (χ2n) is 2.23. The molecule has 12 heavy (non-hydrogen) atoms. The number of carbonyl (C=O) groups is 1. The molecule has 0 radical (unpaired) electrons. The molecule has 64 valence electrons. The maximum absolute atomic E-state index is 10.9. The van der Waals surface area contributed by atoms with Gasteiger partial charge in [-0.3, -0.25) is 4.79 Å². The van der Waals surface area contributed by atoms with E-state index in [-0.39, 0.29) is 5.91 Å². The standard InChI is InChI=1S/C7H10N4O/c1-2-7(12)11-6-3-5(8)9-4-10-6/h3-4H,2H2,1H3,(H3,8,9,10,11,12). The summed E-state index contributed by atoms with van der Waals surface area (Å²) in [4.78, 5) is 18.4. The van der Waals surface area contributed by atoms with Crippen LogP contribution < -0.4 is 11.1 Å². The van der Waals surface area contributed by atoms with Gasteiger partial charge in [-0.1, -0.05) is 6.92 Å². The van der Waals surface area contributed by atoms with Crippen LogP contribution in [-0.4, -0.2) is 15.9 Å². The highest BCUT2D eigenvalue weighted by molar-refractivity contribution is 5.89. The Balaban J connectivity index is 2.69. The molecule has 0 fully saturated rings. The van der Waals surface area contributed by atoms with Gasteiger partial charge in [0, 0.05) is 12.5 Å². The third kappa shape index (κ3) is 2.19. The molecule has 1 aromatic heterocycles. The monoisotopic (exact) mass is 166 g/mol. The van der Waals surface area contributed by atoms with Crippen molar-refractivity contribution in [2.24, 2.45) is 0 Å². The van der Waals surface area contributed by atoms with Crippen molar-refractivity contribution in [3.05, 3.63) is 12.4 Å². The summed E-state index contributed by atoms with van der Waals surface area (Å²) in [5.74, 6) is 0.693. The Morgan fingerprint density at radius 1 is 1.67 bits per heavy atom. The first-order valence-electron chi connectivity index (χ1n) is 3.59. The number of nitrogen functional groups attached to an aromatic ring is 1. The molecule has 1 amide bonds. The van der Waals surface area contributed by atoms with E-state index in [1.54, 1.807) is 6.92 Å². The first kappa shape index (κ1) is 8.45. The van der Waals surface area contributed by atoms with Crippen molar-refractivity contribution >= 4 is 17.5 Å². The smallest absolute Gasteiger partial charge is 0.225 e. The normalized spacial score (nSPS) is 9.42. The largest absolute Gasteiger partial charge is 0.384 e. The van der Waals surface area contributed by atoms with Gasteiger partial charge in [-0.15, -0.1) is 0 Å². The van der Waals surface area contributed by atoms with Crippen LogP contribution in [0.4, 0.5) is 11.6 Å². The van der Waals surface area contributed by atoms with E-state index in [1.165, 1.54) is 12.4 Å². The third-order valence-electron chi connectivity index (χ3n) is 1.28. The maximum Gasteiger partial charge on any atom is 0.225 e. The third-order valence-corrected chi connectivity index (χ3v) is 1.28. The quantitative estimate of drug-likeness (QED) is 0.666. The second-order valence-corrected chi connectivity index (χ2v) is 2.23. The van der Waals surface area contributed by atoms with Gasteiger partial charge >= 0.3 is 0 Å². The van der Waals surface area contributed by atoms with Gasteiger partial charge in [-0.05, 0) is 0 Å². The van der Waals surface area contributed by atoms with E-state index in [9.17, 15) is 4.79 Å². The van der Waals surface area contributed by atoms with E-state index in [0.717, 1.165) is 0 Å². The molecule has 0 saturated carbocycles. The molecule has 0 unspecified atom stereocenters. The number of rotatable bonds is 2. The number of anilines is 2. The van der Waals surface area contributed by atoms with Crippen molar-refractivity contribution in [2.75, 3.05) is 11.1 Å². The number of nitrogens with two attached hydrogens (primary N) is 1. The Morgan fingerprint density at radius 2 is 2.42 bits per heavy atom. The molecule has 3 N–H and O–H groups in total. The zero-order valence-electron chi connectivity index (χ0n) is 6.74. The predicted molar refractivity (Wildman–Crippen MR) is 45.4 cm³/mol. The molecule has 1 heterocycles. The van der Waals surface area contributed by atoms with Gasteiger partial charge in [0.05, 0.1) is 0 Å². The number of hydrogen-bond acceptors (Lipinski definition) is 4. The van der Waals surface area contributed by atoms with E-state index in [1.807, 2.05) is 0 Å². The first-order valence-corrected chi connectivity index (χ1v) is 3.59. The zero-order valence-corrected chi connectivity index (χ0v) is 6.74. The summed E-state index contributed by atoms with van der Waals surface area (Å²) in [5, 5.41) is 2.56. The number of nitrogens with zero attached hydrogens (tertiary/aromatic N) is 2. The van der Waals surface area contributed by atoms with Gasteiger partial charge in [0.25, 0.3) is 0 Å². The van der Waals surface area contributed by atoms with Gasteiger partial charge in [-0.25, -0.2) is 9.97 Å². The Kier molecular flexibility index (Phi) is 2.57. The fourth-order valence-electron chi connectivity index (χ4n) is 0.672. The highest BCUT2D eigenvalue weighted by Crippen LogP contribution is 2.04. The van der Waals surface area contributed by atoms with Gasteiger partial charge in [0.2, 0.25) is 5.91 Å². The van der Waals surface area contributed by atoms with Crippen LogP contribution in [0.2, 0.25) is 0 Å². The summed E-state index contributed by atoms with van der Waals surface area (Å²) >= 11 is 0. The molecule has 0 aliphatic carbocycles. The number of nitrogens with one attached hydrogen (secondary N) is 1. The minimum Gasteiger partial charge on any atom is -0.384 e. The van der Waals surface area contributed by atoms with Crippen molar-refractivity contribution in [3.63, 3.8) is 0 Å². The molecule has 0 aliphatic heterocycles. The lowest BCUT2D eigenvalue weighted by molar-refractivity contribution is -0.115. The summed E-state index contributed by atoms with van der Waals surface area (Å²) in [6.07, 6.45) is 1.73. The average molecular weight is 166 g/mol. The lowest BCUT2D eigenvalue weighted by atomic mass is 10.4. The van der Waals surface area contributed by atoms with E-state index in [0.29, 0.717) is 18.1 Å². The van der Waals surface area contributed by atoms with Crippen LogP contribution in [-0.2, 0) is 4.79 Å². The Bertz CT molecular complexity index is 286. The van der Waals surface area contributed by atoms with Crippen LogP contribution >= 0.6 is 0 Å². The Hall–Kier alpha value is -1.65. The van der Waals surface area contributed by atoms with Gasteiger partial charge in [0.1, 0.15) is 18.0 Å².